The predicted molar refractivity (Wildman–Crippen MR) is 110 cm³/mol. The lowest BCUT2D eigenvalue weighted by Crippen LogP contribution is -2.21. The summed E-state index contributed by atoms with van der Waals surface area (Å²) in [6, 6.07) is 3.86. The number of carbonyl (C=O) groups excluding carboxylic acids is 2. The maximum absolute atomic E-state index is 13.1. The highest BCUT2D eigenvalue weighted by Crippen LogP contribution is 2.27. The van der Waals surface area contributed by atoms with Crippen molar-refractivity contribution in [2.75, 3.05) is 18.5 Å². The highest BCUT2D eigenvalue weighted by atomic mass is 32.2. The average molecular weight is 439 g/mol. The van der Waals surface area contributed by atoms with Gasteiger partial charge < -0.3 is 15.8 Å². The number of nitrogens with two attached hydrogens (primary N) is 1. The first-order valence-corrected chi connectivity index (χ1v) is 10.9. The van der Waals surface area contributed by atoms with Gasteiger partial charge in [0, 0.05) is 7.05 Å². The number of amides is 2. The fourth-order valence-electron chi connectivity index (χ4n) is 2.93. The molecule has 10 nitrogen and oxygen atoms in total. The van der Waals surface area contributed by atoms with Crippen molar-refractivity contribution in [1.29, 1.82) is 0 Å². The first kappa shape index (κ1) is 23.4. The standard InChI is InChI=1S/C19H26N4O6S/c1-5-8-14-16(17(18(20)24)23(4)22-14)21-19(25)13-11-12(30(26,27)29-7-3)9-10-15(13)28-6-2/h9-11H,5-8H2,1-4H3,(H2,20,24)(H,21,25). The molecule has 0 aliphatic rings. The number of anilines is 1. The molecule has 0 unspecified atom stereocenters. The van der Waals surface area contributed by atoms with E-state index in [1.54, 1.807) is 20.9 Å². The normalized spacial score (nSPS) is 11.3. The zero-order valence-electron chi connectivity index (χ0n) is 17.4. The van der Waals surface area contributed by atoms with Crippen LogP contribution in [0.15, 0.2) is 23.1 Å². The molecule has 0 saturated carbocycles. The van der Waals surface area contributed by atoms with E-state index in [1.165, 1.54) is 22.9 Å². The van der Waals surface area contributed by atoms with Crippen molar-refractivity contribution in [2.24, 2.45) is 12.8 Å². The second-order valence-electron chi connectivity index (χ2n) is 6.31. The van der Waals surface area contributed by atoms with Gasteiger partial charge in [0.25, 0.3) is 21.9 Å². The van der Waals surface area contributed by atoms with E-state index in [0.29, 0.717) is 12.1 Å². The molecule has 1 heterocycles. The third kappa shape index (κ3) is 4.97. The van der Waals surface area contributed by atoms with Crippen LogP contribution in [0.3, 0.4) is 0 Å². The molecule has 0 spiro atoms. The number of benzene rings is 1. The van der Waals surface area contributed by atoms with Crippen LogP contribution in [0.1, 0.15) is 53.7 Å². The van der Waals surface area contributed by atoms with E-state index in [-0.39, 0.29) is 40.8 Å². The lowest BCUT2D eigenvalue weighted by Gasteiger charge is -2.13. The summed E-state index contributed by atoms with van der Waals surface area (Å²) in [4.78, 5) is 24.8. The van der Waals surface area contributed by atoms with E-state index in [1.807, 2.05) is 6.92 Å². The Morgan fingerprint density at radius 2 is 1.90 bits per heavy atom. The summed E-state index contributed by atoms with van der Waals surface area (Å²) >= 11 is 0. The summed E-state index contributed by atoms with van der Waals surface area (Å²) in [7, 11) is -2.48. The minimum atomic E-state index is -4.03. The molecular formula is C19H26N4O6S. The summed E-state index contributed by atoms with van der Waals surface area (Å²) in [6.07, 6.45) is 1.23. The molecule has 1 aromatic heterocycles. The number of aryl methyl sites for hydroxylation is 2. The molecule has 1 aromatic carbocycles. The molecule has 3 N–H and O–H groups in total. The minimum Gasteiger partial charge on any atom is -0.493 e. The van der Waals surface area contributed by atoms with Crippen LogP contribution >= 0.6 is 0 Å². The molecule has 164 valence electrons. The van der Waals surface area contributed by atoms with Crippen molar-refractivity contribution in [2.45, 2.75) is 38.5 Å². The van der Waals surface area contributed by atoms with Crippen molar-refractivity contribution in [1.82, 2.24) is 9.78 Å². The number of hydrogen-bond donors (Lipinski definition) is 2. The van der Waals surface area contributed by atoms with Gasteiger partial charge in [-0.1, -0.05) is 13.3 Å². The van der Waals surface area contributed by atoms with Crippen molar-refractivity contribution >= 4 is 27.6 Å². The highest BCUT2D eigenvalue weighted by Gasteiger charge is 2.25. The number of ether oxygens (including phenoxy) is 1. The Bertz CT molecular complexity index is 1050. The van der Waals surface area contributed by atoms with Crippen LogP contribution < -0.4 is 15.8 Å². The first-order chi connectivity index (χ1) is 14.2. The van der Waals surface area contributed by atoms with E-state index < -0.39 is 21.9 Å². The Kier molecular flexibility index (Phi) is 7.57. The van der Waals surface area contributed by atoms with Gasteiger partial charge in [-0.3, -0.25) is 18.5 Å². The Hall–Kier alpha value is -2.92. The smallest absolute Gasteiger partial charge is 0.296 e. The molecule has 2 rings (SSSR count). The monoisotopic (exact) mass is 438 g/mol. The molecule has 2 aromatic rings. The van der Waals surface area contributed by atoms with E-state index in [0.717, 1.165) is 6.42 Å². The number of aromatic nitrogens is 2. The molecule has 30 heavy (non-hydrogen) atoms. The Morgan fingerprint density at radius 3 is 2.47 bits per heavy atom. The fourth-order valence-corrected chi connectivity index (χ4v) is 3.88. The molecule has 0 aliphatic carbocycles. The molecular weight excluding hydrogens is 412 g/mol. The number of nitrogens with one attached hydrogen (secondary N) is 1. The topological polar surface area (TPSA) is 143 Å². The highest BCUT2D eigenvalue weighted by molar-refractivity contribution is 7.86. The summed E-state index contributed by atoms with van der Waals surface area (Å²) in [5.74, 6) is -1.23. The van der Waals surface area contributed by atoms with Gasteiger partial charge >= 0.3 is 0 Å². The Labute approximate surface area is 175 Å². The lowest BCUT2D eigenvalue weighted by atomic mass is 10.1. The van der Waals surface area contributed by atoms with Gasteiger partial charge in [0.05, 0.1) is 35.1 Å². The number of primary amides is 1. The molecule has 0 bridgehead atoms. The average Bonchev–Trinajstić information content (AvgIpc) is 2.97. The fraction of sp³-hybridized carbons (Fsp3) is 0.421. The van der Waals surface area contributed by atoms with Gasteiger partial charge in [0.15, 0.2) is 0 Å². The largest absolute Gasteiger partial charge is 0.493 e. The van der Waals surface area contributed by atoms with Crippen LogP contribution in [0, 0.1) is 0 Å². The summed E-state index contributed by atoms with van der Waals surface area (Å²) in [6.45, 7) is 5.42. The number of hydrogen-bond acceptors (Lipinski definition) is 7. The van der Waals surface area contributed by atoms with Crippen LogP contribution in [0.2, 0.25) is 0 Å². The lowest BCUT2D eigenvalue weighted by molar-refractivity contribution is 0.0992. The molecule has 0 fully saturated rings. The van der Waals surface area contributed by atoms with Crippen molar-refractivity contribution < 1.29 is 26.9 Å². The number of nitrogens with zero attached hydrogens (tertiary/aromatic N) is 2. The van der Waals surface area contributed by atoms with Gasteiger partial charge in [0.1, 0.15) is 11.4 Å². The number of carbonyl (C=O) groups is 2. The molecule has 0 saturated heterocycles. The SMILES string of the molecule is CCCc1nn(C)c(C(N)=O)c1NC(=O)c1cc(S(=O)(=O)OCC)ccc1OCC. The first-order valence-electron chi connectivity index (χ1n) is 9.49. The maximum atomic E-state index is 13.1. The zero-order chi connectivity index (χ0) is 22.5. The quantitative estimate of drug-likeness (QED) is 0.539. The van der Waals surface area contributed by atoms with Gasteiger partial charge in [-0.2, -0.15) is 13.5 Å². The van der Waals surface area contributed by atoms with E-state index in [9.17, 15) is 18.0 Å². The summed E-state index contributed by atoms with van der Waals surface area (Å²) in [5, 5.41) is 6.92. The molecule has 0 radical (unpaired) electrons. The minimum absolute atomic E-state index is 0.0284. The van der Waals surface area contributed by atoms with Gasteiger partial charge in [0.2, 0.25) is 0 Å². The van der Waals surface area contributed by atoms with E-state index in [4.69, 9.17) is 14.7 Å². The summed E-state index contributed by atoms with van der Waals surface area (Å²) in [5.41, 5.74) is 6.17. The Balaban J connectivity index is 2.54. The molecule has 11 heteroatoms. The van der Waals surface area contributed by atoms with Crippen LogP contribution in [-0.4, -0.2) is 43.2 Å². The van der Waals surface area contributed by atoms with E-state index >= 15 is 0 Å². The van der Waals surface area contributed by atoms with Crippen LogP contribution in [0.4, 0.5) is 5.69 Å². The van der Waals surface area contributed by atoms with Gasteiger partial charge in [-0.15, -0.1) is 0 Å². The maximum Gasteiger partial charge on any atom is 0.296 e. The van der Waals surface area contributed by atoms with Crippen LogP contribution in [0.5, 0.6) is 5.75 Å². The van der Waals surface area contributed by atoms with Crippen LogP contribution in [-0.2, 0) is 27.8 Å². The van der Waals surface area contributed by atoms with Gasteiger partial charge in [-0.25, -0.2) is 0 Å². The third-order valence-electron chi connectivity index (χ3n) is 4.14. The Morgan fingerprint density at radius 1 is 1.20 bits per heavy atom. The summed E-state index contributed by atoms with van der Waals surface area (Å²) < 4.78 is 36.1. The second kappa shape index (κ2) is 9.72. The molecule has 0 aliphatic heterocycles. The second-order valence-corrected chi connectivity index (χ2v) is 7.93. The third-order valence-corrected chi connectivity index (χ3v) is 5.51. The van der Waals surface area contributed by atoms with Crippen molar-refractivity contribution in [3.8, 4) is 5.75 Å². The number of rotatable bonds is 10. The van der Waals surface area contributed by atoms with Gasteiger partial charge in [-0.05, 0) is 38.5 Å². The zero-order valence-corrected chi connectivity index (χ0v) is 18.2. The van der Waals surface area contributed by atoms with Crippen molar-refractivity contribution in [3.05, 3.63) is 35.2 Å². The van der Waals surface area contributed by atoms with Crippen molar-refractivity contribution in [3.63, 3.8) is 0 Å². The molecule has 0 atom stereocenters. The van der Waals surface area contributed by atoms with Crippen LogP contribution in [0.25, 0.3) is 0 Å². The van der Waals surface area contributed by atoms with E-state index in [2.05, 4.69) is 10.4 Å². The predicted octanol–water partition coefficient (Wildman–Crippen LogP) is 1.85. The molecule has 2 amide bonds.